The van der Waals surface area contributed by atoms with Gasteiger partial charge < -0.3 is 20.3 Å². The molecule has 2 N–H and O–H groups in total. The van der Waals surface area contributed by atoms with Crippen molar-refractivity contribution in [2.24, 2.45) is 0 Å². The first-order valence-electron chi connectivity index (χ1n) is 9.01. The number of benzene rings is 1. The summed E-state index contributed by atoms with van der Waals surface area (Å²) in [6.07, 6.45) is -8.54. The Balaban J connectivity index is 1.67. The van der Waals surface area contributed by atoms with Gasteiger partial charge in [-0.1, -0.05) is 0 Å². The number of ether oxygens (including phenoxy) is 1. The average Bonchev–Trinajstić information content (AvgIpc) is 2.72. The first-order chi connectivity index (χ1) is 14.5. The molecule has 2 aromatic rings. The Morgan fingerprint density at radius 3 is 2.23 bits per heavy atom. The lowest BCUT2D eigenvalue weighted by atomic mass is 10.1. The smallest absolute Gasteiger partial charge is 0.378 e. The van der Waals surface area contributed by atoms with Crippen LogP contribution in [0.15, 0.2) is 30.5 Å². The highest BCUT2D eigenvalue weighted by Crippen LogP contribution is 2.37. The van der Waals surface area contributed by atoms with Gasteiger partial charge in [-0.2, -0.15) is 26.3 Å². The Kier molecular flexibility index (Phi) is 6.53. The van der Waals surface area contributed by atoms with Gasteiger partial charge in [0, 0.05) is 25.0 Å². The number of amides is 2. The number of hydrogen-bond donors (Lipinski definition) is 2. The number of carbonyl (C=O) groups excluding carboxylic acids is 1. The normalized spacial score (nSPS) is 15.0. The average molecular weight is 449 g/mol. The van der Waals surface area contributed by atoms with Crippen LogP contribution in [-0.4, -0.2) is 42.3 Å². The molecule has 0 atom stereocenters. The fraction of sp³-hybridized carbons (Fsp3) is 0.389. The van der Waals surface area contributed by atoms with Crippen LogP contribution in [0.4, 0.5) is 42.8 Å². The van der Waals surface area contributed by atoms with E-state index in [0.717, 1.165) is 0 Å². The summed E-state index contributed by atoms with van der Waals surface area (Å²) < 4.78 is 82.7. The predicted molar refractivity (Wildman–Crippen MR) is 97.4 cm³/mol. The molecule has 0 radical (unpaired) electrons. The van der Waals surface area contributed by atoms with E-state index in [9.17, 15) is 31.1 Å². The number of anilines is 2. The third-order valence-corrected chi connectivity index (χ3v) is 4.27. The molecule has 168 valence electrons. The summed E-state index contributed by atoms with van der Waals surface area (Å²) in [5, 5.41) is 4.34. The van der Waals surface area contributed by atoms with Crippen molar-refractivity contribution in [2.75, 3.05) is 36.5 Å². The minimum Gasteiger partial charge on any atom is -0.378 e. The lowest BCUT2D eigenvalue weighted by Gasteiger charge is -2.26. The van der Waals surface area contributed by atoms with Crippen LogP contribution in [0.25, 0.3) is 0 Å². The van der Waals surface area contributed by atoms with Crippen LogP contribution in [0.1, 0.15) is 16.8 Å². The Hall–Kier alpha value is -3.09. The molecule has 1 aliphatic rings. The molecule has 0 spiro atoms. The molecule has 13 heteroatoms. The van der Waals surface area contributed by atoms with Crippen molar-refractivity contribution in [3.63, 3.8) is 0 Å². The maximum Gasteiger partial charge on any atom is 0.416 e. The van der Waals surface area contributed by atoms with Crippen molar-refractivity contribution in [1.82, 2.24) is 15.3 Å². The van der Waals surface area contributed by atoms with E-state index in [0.29, 0.717) is 50.1 Å². The van der Waals surface area contributed by atoms with Crippen molar-refractivity contribution in [3.05, 3.63) is 47.3 Å². The molecule has 1 aromatic heterocycles. The van der Waals surface area contributed by atoms with Crippen molar-refractivity contribution in [2.45, 2.75) is 18.9 Å². The molecule has 31 heavy (non-hydrogen) atoms. The number of aromatic nitrogens is 2. The van der Waals surface area contributed by atoms with Gasteiger partial charge in [0.1, 0.15) is 0 Å². The molecule has 0 aliphatic carbocycles. The number of halogens is 6. The lowest BCUT2D eigenvalue weighted by molar-refractivity contribution is -0.143. The van der Waals surface area contributed by atoms with Gasteiger partial charge in [-0.25, -0.2) is 14.8 Å². The number of alkyl halides is 6. The SMILES string of the molecule is O=C(NCc1ccnc(N2CCOCC2)n1)Nc1cc(C(F)(F)F)cc(C(F)(F)F)c1. The summed E-state index contributed by atoms with van der Waals surface area (Å²) >= 11 is 0. The molecule has 1 saturated heterocycles. The molecule has 7 nitrogen and oxygen atoms in total. The molecule has 1 aromatic carbocycles. The number of morpholine rings is 1. The van der Waals surface area contributed by atoms with Crippen molar-refractivity contribution < 1.29 is 35.9 Å². The van der Waals surface area contributed by atoms with E-state index in [1.807, 2.05) is 10.2 Å². The van der Waals surface area contributed by atoms with Gasteiger partial charge in [0.05, 0.1) is 36.6 Å². The molecule has 0 bridgehead atoms. The van der Waals surface area contributed by atoms with E-state index in [2.05, 4.69) is 15.3 Å². The van der Waals surface area contributed by atoms with Crippen LogP contribution in [0.3, 0.4) is 0 Å². The van der Waals surface area contributed by atoms with Crippen molar-refractivity contribution in [1.29, 1.82) is 0 Å². The summed E-state index contributed by atoms with van der Waals surface area (Å²) in [6.45, 7) is 2.11. The van der Waals surface area contributed by atoms with Crippen molar-refractivity contribution in [3.8, 4) is 0 Å². The van der Waals surface area contributed by atoms with Gasteiger partial charge in [0.15, 0.2) is 0 Å². The van der Waals surface area contributed by atoms with Gasteiger partial charge in [-0.15, -0.1) is 0 Å². The highest BCUT2D eigenvalue weighted by Gasteiger charge is 2.37. The summed E-state index contributed by atoms with van der Waals surface area (Å²) in [7, 11) is 0. The number of nitrogens with zero attached hydrogens (tertiary/aromatic N) is 3. The van der Waals surface area contributed by atoms with Crippen LogP contribution < -0.4 is 15.5 Å². The van der Waals surface area contributed by atoms with Crippen LogP contribution in [0.2, 0.25) is 0 Å². The minimum absolute atomic E-state index is 0.0167. The number of nitrogens with one attached hydrogen (secondary N) is 2. The number of hydrogen-bond acceptors (Lipinski definition) is 5. The zero-order chi connectivity index (χ0) is 22.6. The van der Waals surface area contributed by atoms with Crippen molar-refractivity contribution >= 4 is 17.7 Å². The van der Waals surface area contributed by atoms with E-state index in [1.54, 1.807) is 0 Å². The zero-order valence-corrected chi connectivity index (χ0v) is 15.8. The van der Waals surface area contributed by atoms with Crippen LogP contribution in [0, 0.1) is 0 Å². The van der Waals surface area contributed by atoms with E-state index in [1.165, 1.54) is 12.3 Å². The van der Waals surface area contributed by atoms with Gasteiger partial charge in [0.25, 0.3) is 0 Å². The summed E-state index contributed by atoms with van der Waals surface area (Å²) in [5.74, 6) is 0.427. The highest BCUT2D eigenvalue weighted by atomic mass is 19.4. The molecular formula is C18H17F6N5O2. The fourth-order valence-electron chi connectivity index (χ4n) is 2.77. The first-order valence-corrected chi connectivity index (χ1v) is 9.01. The largest absolute Gasteiger partial charge is 0.416 e. The number of urea groups is 1. The first kappa shape index (κ1) is 22.6. The molecular weight excluding hydrogens is 432 g/mol. The maximum atomic E-state index is 12.9. The van der Waals surface area contributed by atoms with Gasteiger partial charge in [-0.3, -0.25) is 0 Å². The topological polar surface area (TPSA) is 79.4 Å². The minimum atomic E-state index is -5.01. The summed E-state index contributed by atoms with van der Waals surface area (Å²) in [4.78, 5) is 22.4. The van der Waals surface area contributed by atoms with Gasteiger partial charge in [-0.05, 0) is 24.3 Å². The van der Waals surface area contributed by atoms with E-state index in [4.69, 9.17) is 4.74 Å². The number of carbonyl (C=O) groups is 1. The Morgan fingerprint density at radius 1 is 1.03 bits per heavy atom. The molecule has 0 saturated carbocycles. The zero-order valence-electron chi connectivity index (χ0n) is 15.8. The van der Waals surface area contributed by atoms with Crippen LogP contribution in [-0.2, 0) is 23.6 Å². The fourth-order valence-corrected chi connectivity index (χ4v) is 2.77. The second kappa shape index (κ2) is 8.96. The molecule has 2 heterocycles. The molecule has 2 amide bonds. The van der Waals surface area contributed by atoms with E-state index in [-0.39, 0.29) is 12.6 Å². The molecule has 3 rings (SSSR count). The third-order valence-electron chi connectivity index (χ3n) is 4.27. The van der Waals surface area contributed by atoms with E-state index >= 15 is 0 Å². The Labute approximate surface area is 172 Å². The summed E-state index contributed by atoms with van der Waals surface area (Å²) in [6, 6.07) is 1.37. The lowest BCUT2D eigenvalue weighted by Crippen LogP contribution is -2.37. The quantitative estimate of drug-likeness (QED) is 0.697. The van der Waals surface area contributed by atoms with Crippen LogP contribution in [0.5, 0.6) is 0 Å². The standard InChI is InChI=1S/C18H17F6N5O2/c19-17(20,21)11-7-12(18(22,23)24)9-14(8-11)28-16(30)26-10-13-1-2-25-15(27-13)29-3-5-31-6-4-29/h1-2,7-9H,3-6,10H2,(H2,26,28,30). The second-order valence-corrected chi connectivity index (χ2v) is 6.55. The molecule has 1 fully saturated rings. The monoisotopic (exact) mass is 449 g/mol. The van der Waals surface area contributed by atoms with E-state index < -0.39 is 35.2 Å². The van der Waals surface area contributed by atoms with Gasteiger partial charge in [0.2, 0.25) is 5.95 Å². The molecule has 1 aliphatic heterocycles. The van der Waals surface area contributed by atoms with Gasteiger partial charge >= 0.3 is 18.4 Å². The molecule has 0 unspecified atom stereocenters. The maximum absolute atomic E-state index is 12.9. The highest BCUT2D eigenvalue weighted by molar-refractivity contribution is 5.89. The number of rotatable bonds is 4. The van der Waals surface area contributed by atoms with Crippen LogP contribution >= 0.6 is 0 Å². The third kappa shape index (κ3) is 6.20. The Morgan fingerprint density at radius 2 is 1.65 bits per heavy atom. The predicted octanol–water partition coefficient (Wildman–Crippen LogP) is 3.67. The second-order valence-electron chi connectivity index (χ2n) is 6.55. The summed E-state index contributed by atoms with van der Waals surface area (Å²) in [5.41, 5.74) is -3.28. The Bertz CT molecular complexity index is 896.